The predicted octanol–water partition coefficient (Wildman–Crippen LogP) is 2.38. The van der Waals surface area contributed by atoms with Crippen molar-refractivity contribution in [1.29, 1.82) is 0 Å². The third-order valence-electron chi connectivity index (χ3n) is 2.38. The van der Waals surface area contributed by atoms with Gasteiger partial charge in [0, 0.05) is 18.0 Å². The number of pyridine rings is 1. The number of benzene rings is 1. The Hall–Kier alpha value is -1.62. The molecule has 0 aliphatic heterocycles. The van der Waals surface area contributed by atoms with Crippen molar-refractivity contribution in [2.75, 3.05) is 5.73 Å². The van der Waals surface area contributed by atoms with Crippen LogP contribution in [0.2, 0.25) is 0 Å². The first-order valence-electron chi connectivity index (χ1n) is 4.97. The molecule has 88 valence electrons. The van der Waals surface area contributed by atoms with Crippen molar-refractivity contribution in [1.82, 2.24) is 4.57 Å². The quantitative estimate of drug-likeness (QED) is 0.925. The summed E-state index contributed by atoms with van der Waals surface area (Å²) in [6.45, 7) is 0.280. The van der Waals surface area contributed by atoms with Gasteiger partial charge in [-0.2, -0.15) is 0 Å². The Labute approximate surface area is 106 Å². The summed E-state index contributed by atoms with van der Waals surface area (Å²) >= 11 is 3.16. The minimum Gasteiger partial charge on any atom is -0.398 e. The molecule has 17 heavy (non-hydrogen) atoms. The van der Waals surface area contributed by atoms with E-state index in [2.05, 4.69) is 15.9 Å². The van der Waals surface area contributed by atoms with E-state index in [0.717, 1.165) is 0 Å². The van der Waals surface area contributed by atoms with Crippen molar-refractivity contribution < 1.29 is 4.39 Å². The number of hydrogen-bond acceptors (Lipinski definition) is 2. The molecule has 3 nitrogen and oxygen atoms in total. The Morgan fingerprint density at radius 3 is 2.82 bits per heavy atom. The van der Waals surface area contributed by atoms with Gasteiger partial charge in [0.05, 0.1) is 11.0 Å². The number of nitrogen functional groups attached to an aromatic ring is 1. The highest BCUT2D eigenvalue weighted by molar-refractivity contribution is 9.10. The molecule has 1 aromatic heterocycles. The van der Waals surface area contributed by atoms with Gasteiger partial charge >= 0.3 is 0 Å². The summed E-state index contributed by atoms with van der Waals surface area (Å²) < 4.78 is 15.1. The van der Waals surface area contributed by atoms with E-state index in [1.807, 2.05) is 0 Å². The minimum absolute atomic E-state index is 0.171. The molecule has 0 amide bonds. The zero-order chi connectivity index (χ0) is 12.4. The molecule has 0 aliphatic rings. The SMILES string of the molecule is Nc1ccc(=O)n(Cc2cccc(F)c2Br)c1. The first-order chi connectivity index (χ1) is 8.08. The van der Waals surface area contributed by atoms with Gasteiger partial charge in [-0.25, -0.2) is 4.39 Å². The van der Waals surface area contributed by atoms with Crippen molar-refractivity contribution >= 4 is 21.6 Å². The van der Waals surface area contributed by atoms with Gasteiger partial charge in [-0.1, -0.05) is 12.1 Å². The van der Waals surface area contributed by atoms with Crippen molar-refractivity contribution in [2.24, 2.45) is 0 Å². The topological polar surface area (TPSA) is 48.0 Å². The van der Waals surface area contributed by atoms with Crippen LogP contribution in [0.3, 0.4) is 0 Å². The van der Waals surface area contributed by atoms with E-state index < -0.39 is 0 Å². The number of anilines is 1. The summed E-state index contributed by atoms with van der Waals surface area (Å²) in [5, 5.41) is 0. The zero-order valence-corrected chi connectivity index (χ0v) is 10.4. The zero-order valence-electron chi connectivity index (χ0n) is 8.86. The lowest BCUT2D eigenvalue weighted by atomic mass is 10.2. The molecule has 5 heteroatoms. The van der Waals surface area contributed by atoms with E-state index in [9.17, 15) is 9.18 Å². The van der Waals surface area contributed by atoms with Gasteiger partial charge in [0.15, 0.2) is 0 Å². The van der Waals surface area contributed by atoms with Gasteiger partial charge in [-0.15, -0.1) is 0 Å². The summed E-state index contributed by atoms with van der Waals surface area (Å²) in [4.78, 5) is 11.6. The van der Waals surface area contributed by atoms with Crippen LogP contribution >= 0.6 is 15.9 Å². The van der Waals surface area contributed by atoms with E-state index in [1.165, 1.54) is 16.7 Å². The lowest BCUT2D eigenvalue weighted by Gasteiger charge is -2.08. The highest BCUT2D eigenvalue weighted by Gasteiger charge is 2.06. The third kappa shape index (κ3) is 2.55. The fourth-order valence-corrected chi connectivity index (χ4v) is 1.92. The van der Waals surface area contributed by atoms with E-state index in [4.69, 9.17) is 5.73 Å². The number of rotatable bonds is 2. The monoisotopic (exact) mass is 296 g/mol. The minimum atomic E-state index is -0.348. The number of nitrogens with two attached hydrogens (primary N) is 1. The lowest BCUT2D eigenvalue weighted by Crippen LogP contribution is -2.19. The molecule has 0 aliphatic carbocycles. The smallest absolute Gasteiger partial charge is 0.250 e. The fraction of sp³-hybridized carbons (Fsp3) is 0.0833. The molecule has 1 aromatic carbocycles. The fourth-order valence-electron chi connectivity index (χ4n) is 1.53. The van der Waals surface area contributed by atoms with E-state index >= 15 is 0 Å². The van der Waals surface area contributed by atoms with E-state index in [1.54, 1.807) is 24.4 Å². The molecule has 0 saturated heterocycles. The number of aromatic nitrogens is 1. The van der Waals surface area contributed by atoms with Gasteiger partial charge in [0.1, 0.15) is 5.82 Å². The highest BCUT2D eigenvalue weighted by atomic mass is 79.9. The Morgan fingerprint density at radius 2 is 2.06 bits per heavy atom. The third-order valence-corrected chi connectivity index (χ3v) is 3.27. The molecule has 0 spiro atoms. The van der Waals surface area contributed by atoms with Gasteiger partial charge in [-0.05, 0) is 33.6 Å². The molecule has 0 bridgehead atoms. The van der Waals surface area contributed by atoms with E-state index in [-0.39, 0.29) is 17.9 Å². The Bertz CT molecular complexity index is 610. The average molecular weight is 297 g/mol. The summed E-state index contributed by atoms with van der Waals surface area (Å²) in [5.41, 5.74) is 6.62. The van der Waals surface area contributed by atoms with Crippen LogP contribution < -0.4 is 11.3 Å². The van der Waals surface area contributed by atoms with Crippen LogP contribution in [0.1, 0.15) is 5.56 Å². The molecule has 0 unspecified atom stereocenters. The molecular weight excluding hydrogens is 287 g/mol. The van der Waals surface area contributed by atoms with Crippen molar-refractivity contribution in [3.8, 4) is 0 Å². The van der Waals surface area contributed by atoms with Crippen molar-refractivity contribution in [2.45, 2.75) is 6.54 Å². The second-order valence-corrected chi connectivity index (χ2v) is 4.43. The van der Waals surface area contributed by atoms with Crippen LogP contribution in [0.25, 0.3) is 0 Å². The Balaban J connectivity index is 2.41. The standard InChI is InChI=1S/C12H10BrFN2O/c13-12-8(2-1-3-10(12)14)6-16-7-9(15)4-5-11(16)17/h1-5,7H,6,15H2. The maximum atomic E-state index is 13.3. The lowest BCUT2D eigenvalue weighted by molar-refractivity contribution is 0.615. The first kappa shape index (κ1) is 11.9. The van der Waals surface area contributed by atoms with Crippen molar-refractivity contribution in [3.63, 3.8) is 0 Å². The summed E-state index contributed by atoms with van der Waals surface area (Å²) in [5.74, 6) is -0.348. The summed E-state index contributed by atoms with van der Waals surface area (Å²) in [7, 11) is 0. The molecular formula is C12H10BrFN2O. The molecule has 0 radical (unpaired) electrons. The summed E-state index contributed by atoms with van der Waals surface area (Å²) in [6.07, 6.45) is 1.54. The van der Waals surface area contributed by atoms with Crippen LogP contribution in [0.5, 0.6) is 0 Å². The van der Waals surface area contributed by atoms with Crippen LogP contribution in [0, 0.1) is 5.82 Å². The molecule has 0 atom stereocenters. The van der Waals surface area contributed by atoms with Gasteiger partial charge < -0.3 is 10.3 Å². The van der Waals surface area contributed by atoms with Crippen LogP contribution in [-0.2, 0) is 6.54 Å². The number of halogens is 2. The van der Waals surface area contributed by atoms with Crippen LogP contribution in [0.15, 0.2) is 45.8 Å². The van der Waals surface area contributed by atoms with Gasteiger partial charge in [0.25, 0.3) is 5.56 Å². The second kappa shape index (κ2) is 4.71. The number of nitrogens with zero attached hydrogens (tertiary/aromatic N) is 1. The number of hydrogen-bond donors (Lipinski definition) is 1. The molecule has 2 aromatic rings. The van der Waals surface area contributed by atoms with E-state index in [0.29, 0.717) is 15.7 Å². The van der Waals surface area contributed by atoms with Gasteiger partial charge in [-0.3, -0.25) is 4.79 Å². The average Bonchev–Trinajstić information content (AvgIpc) is 2.30. The maximum absolute atomic E-state index is 13.3. The molecule has 0 fully saturated rings. The largest absolute Gasteiger partial charge is 0.398 e. The normalized spacial score (nSPS) is 10.5. The van der Waals surface area contributed by atoms with Gasteiger partial charge in [0.2, 0.25) is 0 Å². The second-order valence-electron chi connectivity index (χ2n) is 3.64. The van der Waals surface area contributed by atoms with Crippen LogP contribution in [-0.4, -0.2) is 4.57 Å². The molecule has 0 saturated carbocycles. The van der Waals surface area contributed by atoms with Crippen LogP contribution in [0.4, 0.5) is 10.1 Å². The maximum Gasteiger partial charge on any atom is 0.250 e. The summed E-state index contributed by atoms with van der Waals surface area (Å²) in [6, 6.07) is 7.65. The molecule has 2 rings (SSSR count). The molecule has 1 heterocycles. The van der Waals surface area contributed by atoms with Crippen molar-refractivity contribution in [3.05, 3.63) is 62.7 Å². The highest BCUT2D eigenvalue weighted by Crippen LogP contribution is 2.20. The Morgan fingerprint density at radius 1 is 1.29 bits per heavy atom. The first-order valence-corrected chi connectivity index (χ1v) is 5.76. The predicted molar refractivity (Wildman–Crippen MR) is 68.3 cm³/mol. The Kier molecular flexibility index (Phi) is 3.28. The molecule has 2 N–H and O–H groups in total.